The average Bonchev–Trinajstić information content (AvgIpc) is 2.56. The second-order valence-electron chi connectivity index (χ2n) is 9.70. The molecular formula is C21H31NO4. The van der Waals surface area contributed by atoms with Gasteiger partial charge in [0.2, 0.25) is 11.8 Å². The summed E-state index contributed by atoms with van der Waals surface area (Å²) >= 11 is 0. The van der Waals surface area contributed by atoms with Crippen molar-refractivity contribution < 1.29 is 19.1 Å². The van der Waals surface area contributed by atoms with E-state index in [4.69, 9.17) is 4.74 Å². The molecule has 0 aromatic rings. The fourth-order valence-electron chi connectivity index (χ4n) is 7.06. The molecule has 0 radical (unpaired) electrons. The number of hydrogen-bond donors (Lipinski definition) is 1. The Morgan fingerprint density at radius 1 is 1.08 bits per heavy atom. The van der Waals surface area contributed by atoms with E-state index in [9.17, 15) is 14.4 Å². The Bertz CT molecular complexity index is 646. The van der Waals surface area contributed by atoms with E-state index in [2.05, 4.69) is 19.2 Å². The standard InChI is InChI=1S/C21H31NO4/c1-12(23)26-14-6-8-20(2)13(10-14)4-5-15-16(20)7-9-21(3)17(15)11-18(24)22-19(21)25/h13-17H,4-11H2,1-3H3,(H,22,24,25)/t13-,14-,15+,16+,17+,20-,21-/m0/s1. The van der Waals surface area contributed by atoms with Crippen molar-refractivity contribution in [3.8, 4) is 0 Å². The van der Waals surface area contributed by atoms with Crippen LogP contribution in [-0.4, -0.2) is 23.9 Å². The molecule has 5 heteroatoms. The van der Waals surface area contributed by atoms with Crippen LogP contribution in [0.2, 0.25) is 0 Å². The van der Waals surface area contributed by atoms with Crippen LogP contribution in [0.25, 0.3) is 0 Å². The molecule has 4 aliphatic rings. The second kappa shape index (κ2) is 6.07. The SMILES string of the molecule is CC(=O)O[C@H]1CC[C@@]2(C)[C@@H](CC[C@@H]3[C@H]2CC[C@]2(C)C(=O)NC(=O)C[C@H]32)C1. The molecule has 1 N–H and O–H groups in total. The maximum atomic E-state index is 12.6. The lowest BCUT2D eigenvalue weighted by atomic mass is 9.44. The summed E-state index contributed by atoms with van der Waals surface area (Å²) in [7, 11) is 0. The molecular weight excluding hydrogens is 330 g/mol. The zero-order valence-electron chi connectivity index (χ0n) is 16.2. The predicted molar refractivity (Wildman–Crippen MR) is 95.8 cm³/mol. The van der Waals surface area contributed by atoms with Gasteiger partial charge >= 0.3 is 5.97 Å². The summed E-state index contributed by atoms with van der Waals surface area (Å²) in [4.78, 5) is 36.0. The summed E-state index contributed by atoms with van der Waals surface area (Å²) in [5.41, 5.74) is -0.134. The lowest BCUT2D eigenvalue weighted by Gasteiger charge is -2.61. The Hall–Kier alpha value is -1.39. The minimum Gasteiger partial charge on any atom is -0.463 e. The van der Waals surface area contributed by atoms with Crippen LogP contribution in [0.1, 0.15) is 72.1 Å². The second-order valence-corrected chi connectivity index (χ2v) is 9.70. The molecule has 0 aromatic heterocycles. The molecule has 1 saturated heterocycles. The molecule has 3 aliphatic carbocycles. The van der Waals surface area contributed by atoms with E-state index < -0.39 is 0 Å². The molecule has 4 fully saturated rings. The monoisotopic (exact) mass is 361 g/mol. The minimum atomic E-state index is -0.382. The number of piperidine rings is 1. The first-order chi connectivity index (χ1) is 12.2. The number of rotatable bonds is 1. The Morgan fingerprint density at radius 2 is 1.85 bits per heavy atom. The van der Waals surface area contributed by atoms with Crippen LogP contribution in [0.3, 0.4) is 0 Å². The molecule has 7 atom stereocenters. The van der Waals surface area contributed by atoms with Gasteiger partial charge in [0, 0.05) is 13.3 Å². The summed E-state index contributed by atoms with van der Waals surface area (Å²) in [6.45, 7) is 5.99. The highest BCUT2D eigenvalue weighted by atomic mass is 16.5. The summed E-state index contributed by atoms with van der Waals surface area (Å²) in [6, 6.07) is 0. The van der Waals surface area contributed by atoms with Gasteiger partial charge in [-0.1, -0.05) is 13.8 Å². The maximum Gasteiger partial charge on any atom is 0.302 e. The van der Waals surface area contributed by atoms with Gasteiger partial charge in [0.25, 0.3) is 0 Å². The first-order valence-corrected chi connectivity index (χ1v) is 10.3. The molecule has 1 heterocycles. The highest BCUT2D eigenvalue weighted by Crippen LogP contribution is 2.64. The molecule has 144 valence electrons. The molecule has 0 unspecified atom stereocenters. The van der Waals surface area contributed by atoms with E-state index in [0.717, 1.165) is 44.9 Å². The quantitative estimate of drug-likeness (QED) is 0.575. The molecule has 3 saturated carbocycles. The highest BCUT2D eigenvalue weighted by Gasteiger charge is 2.60. The number of amides is 2. The van der Waals surface area contributed by atoms with E-state index in [1.165, 1.54) is 6.92 Å². The lowest BCUT2D eigenvalue weighted by Crippen LogP contribution is -2.61. The number of fused-ring (bicyclic) bond motifs is 5. The lowest BCUT2D eigenvalue weighted by molar-refractivity contribution is -0.170. The van der Waals surface area contributed by atoms with Crippen LogP contribution in [0.5, 0.6) is 0 Å². The summed E-state index contributed by atoms with van der Waals surface area (Å²) in [6.07, 6.45) is 7.74. The van der Waals surface area contributed by atoms with Crippen LogP contribution in [-0.2, 0) is 19.1 Å². The van der Waals surface area contributed by atoms with Gasteiger partial charge in [0.1, 0.15) is 6.10 Å². The van der Waals surface area contributed by atoms with E-state index in [1.54, 1.807) is 0 Å². The number of ether oxygens (including phenoxy) is 1. The summed E-state index contributed by atoms with van der Waals surface area (Å²) in [5.74, 6) is 1.50. The van der Waals surface area contributed by atoms with Crippen molar-refractivity contribution in [2.75, 3.05) is 0 Å². The van der Waals surface area contributed by atoms with Gasteiger partial charge in [-0.15, -0.1) is 0 Å². The molecule has 0 spiro atoms. The van der Waals surface area contributed by atoms with Crippen molar-refractivity contribution in [3.05, 3.63) is 0 Å². The number of carbonyl (C=O) groups is 3. The molecule has 0 bridgehead atoms. The molecule has 4 rings (SSSR count). The molecule has 2 amide bonds. The average molecular weight is 361 g/mol. The van der Waals surface area contributed by atoms with Crippen LogP contribution >= 0.6 is 0 Å². The zero-order valence-corrected chi connectivity index (χ0v) is 16.2. The maximum absolute atomic E-state index is 12.6. The molecule has 26 heavy (non-hydrogen) atoms. The van der Waals surface area contributed by atoms with Gasteiger partial charge in [-0.25, -0.2) is 0 Å². The van der Waals surface area contributed by atoms with Gasteiger partial charge in [-0.2, -0.15) is 0 Å². The number of hydrogen-bond acceptors (Lipinski definition) is 4. The minimum absolute atomic E-state index is 0.0527. The van der Waals surface area contributed by atoms with E-state index >= 15 is 0 Å². The van der Waals surface area contributed by atoms with Crippen LogP contribution in [0.4, 0.5) is 0 Å². The van der Waals surface area contributed by atoms with E-state index in [-0.39, 0.29) is 40.6 Å². The number of nitrogens with one attached hydrogen (secondary N) is 1. The van der Waals surface area contributed by atoms with Gasteiger partial charge < -0.3 is 4.74 Å². The van der Waals surface area contributed by atoms with Crippen molar-refractivity contribution in [1.82, 2.24) is 5.32 Å². The van der Waals surface area contributed by atoms with Crippen LogP contribution in [0, 0.1) is 34.5 Å². The highest BCUT2D eigenvalue weighted by molar-refractivity contribution is 6.01. The third kappa shape index (κ3) is 2.61. The van der Waals surface area contributed by atoms with Crippen molar-refractivity contribution >= 4 is 17.8 Å². The Kier molecular flexibility index (Phi) is 4.20. The third-order valence-corrected chi connectivity index (χ3v) is 8.52. The normalized spacial score (nSPS) is 47.9. The van der Waals surface area contributed by atoms with E-state index in [1.807, 2.05) is 0 Å². The number of carbonyl (C=O) groups excluding carboxylic acids is 3. The molecule has 5 nitrogen and oxygen atoms in total. The molecule has 1 aliphatic heterocycles. The van der Waals surface area contributed by atoms with Crippen molar-refractivity contribution in [2.24, 2.45) is 34.5 Å². The topological polar surface area (TPSA) is 72.5 Å². The largest absolute Gasteiger partial charge is 0.463 e. The van der Waals surface area contributed by atoms with Gasteiger partial charge in [0.15, 0.2) is 0 Å². The van der Waals surface area contributed by atoms with Gasteiger partial charge in [0.05, 0.1) is 5.41 Å². The van der Waals surface area contributed by atoms with E-state index in [0.29, 0.717) is 24.2 Å². The number of imide groups is 1. The van der Waals surface area contributed by atoms with Crippen LogP contribution in [0.15, 0.2) is 0 Å². The Balaban J connectivity index is 1.57. The van der Waals surface area contributed by atoms with Crippen LogP contribution < -0.4 is 5.32 Å². The number of esters is 1. The summed E-state index contributed by atoms with van der Waals surface area (Å²) in [5, 5.41) is 2.58. The van der Waals surface area contributed by atoms with Crippen molar-refractivity contribution in [3.63, 3.8) is 0 Å². The third-order valence-electron chi connectivity index (χ3n) is 8.52. The van der Waals surface area contributed by atoms with Crippen molar-refractivity contribution in [1.29, 1.82) is 0 Å². The van der Waals surface area contributed by atoms with Crippen molar-refractivity contribution in [2.45, 2.75) is 78.2 Å². The molecule has 0 aromatic carbocycles. The smallest absolute Gasteiger partial charge is 0.302 e. The Morgan fingerprint density at radius 3 is 2.58 bits per heavy atom. The predicted octanol–water partition coefficient (Wildman–Crippen LogP) is 3.21. The zero-order chi connectivity index (χ0) is 18.7. The fourth-order valence-corrected chi connectivity index (χ4v) is 7.06. The fraction of sp³-hybridized carbons (Fsp3) is 0.857. The first kappa shape index (κ1) is 18.0. The van der Waals surface area contributed by atoms with Gasteiger partial charge in [-0.3, -0.25) is 19.7 Å². The first-order valence-electron chi connectivity index (χ1n) is 10.3. The summed E-state index contributed by atoms with van der Waals surface area (Å²) < 4.78 is 5.51. The van der Waals surface area contributed by atoms with Gasteiger partial charge in [-0.05, 0) is 74.0 Å². The Labute approximate surface area is 155 Å².